The van der Waals surface area contributed by atoms with Gasteiger partial charge in [-0.1, -0.05) is 20.8 Å². The van der Waals surface area contributed by atoms with Crippen molar-refractivity contribution in [2.45, 2.75) is 46.1 Å². The number of carbonyl (C=O) groups excluding carboxylic acids is 2. The minimum atomic E-state index is -0.472. The summed E-state index contributed by atoms with van der Waals surface area (Å²) in [4.78, 5) is 25.6. The number of ether oxygens (including phenoxy) is 1. The van der Waals surface area contributed by atoms with Gasteiger partial charge in [0.2, 0.25) is 0 Å². The third-order valence-corrected chi connectivity index (χ3v) is 5.01. The van der Waals surface area contributed by atoms with E-state index in [9.17, 15) is 9.59 Å². The van der Waals surface area contributed by atoms with Crippen LogP contribution in [0.5, 0.6) is 0 Å². The fourth-order valence-electron chi connectivity index (χ4n) is 2.06. The molecule has 8 heteroatoms. The van der Waals surface area contributed by atoms with E-state index in [1.807, 2.05) is 40.7 Å². The lowest BCUT2D eigenvalue weighted by Crippen LogP contribution is -2.21. The van der Waals surface area contributed by atoms with Gasteiger partial charge in [0.1, 0.15) is 4.88 Å². The van der Waals surface area contributed by atoms with Gasteiger partial charge in [-0.05, 0) is 25.3 Å². The molecule has 2 rings (SSSR count). The lowest BCUT2D eigenvalue weighted by atomic mass is 9.94. The van der Waals surface area contributed by atoms with E-state index in [1.54, 1.807) is 16.9 Å². The van der Waals surface area contributed by atoms with Gasteiger partial charge in [0.15, 0.2) is 5.82 Å². The molecule has 136 valence electrons. The van der Waals surface area contributed by atoms with Crippen molar-refractivity contribution in [2.75, 3.05) is 17.7 Å². The third-order valence-electron chi connectivity index (χ3n) is 3.47. The molecule has 0 aliphatic carbocycles. The number of hydrogen-bond donors (Lipinski definition) is 2. The van der Waals surface area contributed by atoms with Crippen LogP contribution in [0.2, 0.25) is 0 Å². The molecule has 0 aliphatic heterocycles. The number of nitrogens with zero attached hydrogens (tertiary/aromatic N) is 2. The number of aromatic nitrogens is 2. The summed E-state index contributed by atoms with van der Waals surface area (Å²) in [6.07, 6.45) is 1.79. The number of rotatable bonds is 4. The minimum absolute atomic E-state index is 0.139. The summed E-state index contributed by atoms with van der Waals surface area (Å²) >= 11 is 1.32. The Morgan fingerprint density at radius 3 is 2.48 bits per heavy atom. The monoisotopic (exact) mass is 364 g/mol. The molecular formula is C17H24N4O3S. The van der Waals surface area contributed by atoms with Crippen LogP contribution in [-0.2, 0) is 10.2 Å². The zero-order valence-electron chi connectivity index (χ0n) is 15.3. The van der Waals surface area contributed by atoms with Crippen molar-refractivity contribution in [1.82, 2.24) is 9.78 Å². The van der Waals surface area contributed by atoms with Crippen molar-refractivity contribution in [1.29, 1.82) is 0 Å². The molecule has 0 atom stereocenters. The van der Waals surface area contributed by atoms with Gasteiger partial charge >= 0.3 is 12.0 Å². The van der Waals surface area contributed by atoms with Gasteiger partial charge in [0.25, 0.3) is 0 Å². The second-order valence-corrected chi connectivity index (χ2v) is 8.00. The maximum absolute atomic E-state index is 12.3. The molecule has 25 heavy (non-hydrogen) atoms. The van der Waals surface area contributed by atoms with Crippen LogP contribution in [0, 0.1) is 0 Å². The molecule has 2 aromatic rings. The van der Waals surface area contributed by atoms with Crippen LogP contribution in [-0.4, -0.2) is 28.9 Å². The Balaban J connectivity index is 2.18. The Hall–Kier alpha value is -2.35. The fourth-order valence-corrected chi connectivity index (χ4v) is 3.15. The molecule has 0 radical (unpaired) electrons. The normalized spacial score (nSPS) is 11.5. The number of methoxy groups -OCH3 is 1. The van der Waals surface area contributed by atoms with Crippen LogP contribution in [0.1, 0.15) is 55.2 Å². The SMILES string of the molecule is COC(=O)c1sc(C(C)(C)C)cc1NC(=O)Nc1ccn(C(C)C)n1. The van der Waals surface area contributed by atoms with Gasteiger partial charge in [0.05, 0.1) is 12.8 Å². The van der Waals surface area contributed by atoms with Crippen molar-refractivity contribution in [2.24, 2.45) is 0 Å². The molecule has 0 unspecified atom stereocenters. The fraction of sp³-hybridized carbons (Fsp3) is 0.471. The Morgan fingerprint density at radius 2 is 1.96 bits per heavy atom. The van der Waals surface area contributed by atoms with E-state index < -0.39 is 12.0 Å². The highest BCUT2D eigenvalue weighted by Crippen LogP contribution is 2.35. The van der Waals surface area contributed by atoms with Crippen LogP contribution in [0.4, 0.5) is 16.3 Å². The van der Waals surface area contributed by atoms with Crippen LogP contribution in [0.25, 0.3) is 0 Å². The summed E-state index contributed by atoms with van der Waals surface area (Å²) in [7, 11) is 1.32. The molecule has 7 nitrogen and oxygen atoms in total. The highest BCUT2D eigenvalue weighted by atomic mass is 32.1. The molecule has 0 saturated heterocycles. The van der Waals surface area contributed by atoms with E-state index in [4.69, 9.17) is 4.74 Å². The first-order valence-corrected chi connectivity index (χ1v) is 8.79. The molecule has 0 saturated carbocycles. The molecule has 0 bridgehead atoms. The maximum atomic E-state index is 12.3. The molecule has 0 fully saturated rings. The van der Waals surface area contributed by atoms with Gasteiger partial charge in [0, 0.05) is 23.2 Å². The Morgan fingerprint density at radius 1 is 1.28 bits per heavy atom. The average molecular weight is 364 g/mol. The predicted molar refractivity (Wildman–Crippen MR) is 99.6 cm³/mol. The van der Waals surface area contributed by atoms with E-state index >= 15 is 0 Å². The summed E-state index contributed by atoms with van der Waals surface area (Å²) < 4.78 is 6.56. The minimum Gasteiger partial charge on any atom is -0.465 e. The number of nitrogens with one attached hydrogen (secondary N) is 2. The molecule has 2 aromatic heterocycles. The first-order chi connectivity index (χ1) is 11.6. The molecule has 0 spiro atoms. The van der Waals surface area contributed by atoms with Crippen molar-refractivity contribution in [3.8, 4) is 0 Å². The summed E-state index contributed by atoms with van der Waals surface area (Å²) in [5.74, 6) is -0.0306. The van der Waals surface area contributed by atoms with Crippen LogP contribution in [0.15, 0.2) is 18.3 Å². The number of anilines is 2. The second kappa shape index (κ2) is 7.26. The Labute approximate surface area is 151 Å². The summed E-state index contributed by atoms with van der Waals surface area (Å²) in [5.41, 5.74) is 0.294. The number of hydrogen-bond acceptors (Lipinski definition) is 5. The average Bonchev–Trinajstić information content (AvgIpc) is 3.13. The molecule has 0 aromatic carbocycles. The van der Waals surface area contributed by atoms with E-state index in [-0.39, 0.29) is 11.5 Å². The van der Waals surface area contributed by atoms with Gasteiger partial charge in [-0.2, -0.15) is 5.10 Å². The number of urea groups is 1. The number of carbonyl (C=O) groups is 2. The van der Waals surface area contributed by atoms with Gasteiger partial charge < -0.3 is 10.1 Å². The molecule has 2 heterocycles. The second-order valence-electron chi connectivity index (χ2n) is 6.95. The number of amides is 2. The van der Waals surface area contributed by atoms with Crippen LogP contribution >= 0.6 is 11.3 Å². The van der Waals surface area contributed by atoms with E-state index in [0.717, 1.165) is 4.88 Å². The van der Waals surface area contributed by atoms with Gasteiger partial charge in [-0.3, -0.25) is 10.00 Å². The van der Waals surface area contributed by atoms with Crippen molar-refractivity contribution in [3.63, 3.8) is 0 Å². The predicted octanol–water partition coefficient (Wildman–Crippen LogP) is 4.25. The van der Waals surface area contributed by atoms with E-state index in [2.05, 4.69) is 15.7 Å². The Kier molecular flexibility index (Phi) is 5.52. The summed E-state index contributed by atoms with van der Waals surface area (Å²) in [6.45, 7) is 10.1. The first-order valence-electron chi connectivity index (χ1n) is 7.97. The van der Waals surface area contributed by atoms with Crippen LogP contribution in [0.3, 0.4) is 0 Å². The van der Waals surface area contributed by atoms with Crippen molar-refractivity contribution < 1.29 is 14.3 Å². The van der Waals surface area contributed by atoms with Gasteiger partial charge in [-0.25, -0.2) is 9.59 Å². The number of esters is 1. The first kappa shape index (κ1) is 19.0. The maximum Gasteiger partial charge on any atom is 0.350 e. The largest absolute Gasteiger partial charge is 0.465 e. The van der Waals surface area contributed by atoms with E-state index in [1.165, 1.54) is 18.4 Å². The zero-order chi connectivity index (χ0) is 18.8. The molecule has 2 N–H and O–H groups in total. The number of thiophene rings is 1. The lowest BCUT2D eigenvalue weighted by molar-refractivity contribution is 0.0607. The summed E-state index contributed by atoms with van der Waals surface area (Å²) in [5, 5.41) is 9.65. The Bertz CT molecular complexity index is 771. The quantitative estimate of drug-likeness (QED) is 0.794. The summed E-state index contributed by atoms with van der Waals surface area (Å²) in [6, 6.07) is 3.27. The van der Waals surface area contributed by atoms with Crippen molar-refractivity contribution >= 4 is 34.8 Å². The standard InChI is InChI=1S/C17H24N4O3S/c1-10(2)21-8-7-13(20-21)19-16(23)18-11-9-12(17(3,4)5)25-14(11)15(22)24-6/h7-10H,1-6H3,(H2,18,19,20,23). The van der Waals surface area contributed by atoms with Crippen LogP contribution < -0.4 is 10.6 Å². The van der Waals surface area contributed by atoms with E-state index in [0.29, 0.717) is 16.4 Å². The topological polar surface area (TPSA) is 85.2 Å². The molecular weight excluding hydrogens is 340 g/mol. The zero-order valence-corrected chi connectivity index (χ0v) is 16.2. The lowest BCUT2D eigenvalue weighted by Gasteiger charge is -2.15. The smallest absolute Gasteiger partial charge is 0.350 e. The third kappa shape index (κ3) is 4.60. The van der Waals surface area contributed by atoms with Crippen molar-refractivity contribution in [3.05, 3.63) is 28.1 Å². The molecule has 2 amide bonds. The van der Waals surface area contributed by atoms with Gasteiger partial charge in [-0.15, -0.1) is 11.3 Å². The highest BCUT2D eigenvalue weighted by molar-refractivity contribution is 7.14. The highest BCUT2D eigenvalue weighted by Gasteiger charge is 2.24. The molecule has 0 aliphatic rings.